The number of hydroxylamine groups is 2. The van der Waals surface area contributed by atoms with Gasteiger partial charge in [-0.15, -0.1) is 16.7 Å². The summed E-state index contributed by atoms with van der Waals surface area (Å²) in [6, 6.07) is 1.44. The predicted molar refractivity (Wildman–Crippen MR) is 65.4 cm³/mol. The first-order valence-corrected chi connectivity index (χ1v) is 7.18. The topological polar surface area (TPSA) is 103 Å². The molecule has 0 aromatic carbocycles. The van der Waals surface area contributed by atoms with Gasteiger partial charge in [-0.2, -0.15) is 9.89 Å². The maximum atomic E-state index is 10.9. The van der Waals surface area contributed by atoms with Gasteiger partial charge >= 0.3 is 7.82 Å². The number of phosphoric acid groups is 1. The molecular formula is C9H18ClN2O5P. The summed E-state index contributed by atoms with van der Waals surface area (Å²) in [5, 5.41) is 8.73. The van der Waals surface area contributed by atoms with Crippen molar-refractivity contribution in [3.8, 4) is 6.07 Å². The zero-order chi connectivity index (χ0) is 14.6. The lowest BCUT2D eigenvalue weighted by molar-refractivity contribution is -0.268. The molecule has 1 unspecified atom stereocenters. The number of nitriles is 1. The monoisotopic (exact) mass is 300 g/mol. The number of hydrogen-bond donors (Lipinski definition) is 2. The van der Waals surface area contributed by atoms with Crippen LogP contribution in [0, 0.1) is 11.3 Å². The summed E-state index contributed by atoms with van der Waals surface area (Å²) in [6.45, 7) is 6.40. The molecule has 9 heteroatoms. The SMILES string of the molecule is CC(C)N(OP(=O)(O)O)C(C)(C)OCC(Cl)C#N. The number of halogens is 1. The van der Waals surface area contributed by atoms with Gasteiger partial charge in [-0.05, 0) is 27.7 Å². The second-order valence-electron chi connectivity index (χ2n) is 4.35. The highest BCUT2D eigenvalue weighted by molar-refractivity contribution is 7.46. The second kappa shape index (κ2) is 6.83. The Labute approximate surface area is 111 Å². The van der Waals surface area contributed by atoms with Gasteiger partial charge in [-0.25, -0.2) is 4.57 Å². The van der Waals surface area contributed by atoms with E-state index in [-0.39, 0.29) is 12.6 Å². The van der Waals surface area contributed by atoms with E-state index in [2.05, 4.69) is 4.62 Å². The smallest absolute Gasteiger partial charge is 0.356 e. The molecule has 0 aliphatic heterocycles. The first kappa shape index (κ1) is 17.8. The molecule has 0 saturated heterocycles. The molecule has 0 aliphatic carbocycles. The molecule has 0 aliphatic rings. The van der Waals surface area contributed by atoms with Crippen molar-refractivity contribution in [2.45, 2.75) is 44.8 Å². The Kier molecular flexibility index (Phi) is 6.75. The quantitative estimate of drug-likeness (QED) is 0.318. The van der Waals surface area contributed by atoms with E-state index in [4.69, 9.17) is 31.4 Å². The minimum Gasteiger partial charge on any atom is -0.356 e. The van der Waals surface area contributed by atoms with Gasteiger partial charge in [-0.3, -0.25) is 0 Å². The Morgan fingerprint density at radius 3 is 2.33 bits per heavy atom. The van der Waals surface area contributed by atoms with Gasteiger partial charge in [0.1, 0.15) is 11.1 Å². The molecule has 0 spiro atoms. The van der Waals surface area contributed by atoms with Gasteiger partial charge < -0.3 is 14.5 Å². The average Bonchev–Trinajstić information content (AvgIpc) is 2.21. The standard InChI is InChI=1S/C9H18ClN2O5P/c1-7(2)12(17-18(13,14)15)9(3,4)16-6-8(10)5-11/h7-8H,6H2,1-4H3,(H2,13,14,15). The van der Waals surface area contributed by atoms with E-state index in [0.29, 0.717) is 0 Å². The van der Waals surface area contributed by atoms with Crippen molar-refractivity contribution < 1.29 is 23.7 Å². The fraction of sp³-hybridized carbons (Fsp3) is 0.889. The van der Waals surface area contributed by atoms with Crippen LogP contribution in [0.15, 0.2) is 0 Å². The number of hydrogen-bond acceptors (Lipinski definition) is 5. The van der Waals surface area contributed by atoms with Crippen LogP contribution in [-0.4, -0.2) is 38.6 Å². The number of ether oxygens (including phenoxy) is 1. The van der Waals surface area contributed by atoms with Gasteiger partial charge in [0.15, 0.2) is 0 Å². The molecular weight excluding hydrogens is 283 g/mol. The van der Waals surface area contributed by atoms with Crippen molar-refractivity contribution >= 4 is 19.4 Å². The van der Waals surface area contributed by atoms with Crippen LogP contribution < -0.4 is 0 Å². The van der Waals surface area contributed by atoms with E-state index in [1.165, 1.54) is 0 Å². The Bertz CT molecular complexity index is 351. The lowest BCUT2D eigenvalue weighted by atomic mass is 10.2. The molecule has 0 amide bonds. The zero-order valence-corrected chi connectivity index (χ0v) is 12.4. The van der Waals surface area contributed by atoms with Crippen molar-refractivity contribution in [3.63, 3.8) is 0 Å². The zero-order valence-electron chi connectivity index (χ0n) is 10.7. The third kappa shape index (κ3) is 6.66. The molecule has 0 aromatic rings. The molecule has 18 heavy (non-hydrogen) atoms. The molecule has 0 fully saturated rings. The summed E-state index contributed by atoms with van der Waals surface area (Å²) in [5.74, 6) is 0. The highest BCUT2D eigenvalue weighted by Crippen LogP contribution is 2.40. The van der Waals surface area contributed by atoms with Crippen LogP contribution in [0.5, 0.6) is 0 Å². The minimum absolute atomic E-state index is 0.0845. The fourth-order valence-electron chi connectivity index (χ4n) is 1.31. The maximum absolute atomic E-state index is 10.9. The molecule has 0 saturated carbocycles. The highest BCUT2D eigenvalue weighted by atomic mass is 35.5. The summed E-state index contributed by atoms with van der Waals surface area (Å²) in [7, 11) is -4.68. The van der Waals surface area contributed by atoms with Crippen molar-refractivity contribution in [2.75, 3.05) is 6.61 Å². The van der Waals surface area contributed by atoms with Crippen LogP contribution in [0.2, 0.25) is 0 Å². The summed E-state index contributed by atoms with van der Waals surface area (Å²) in [6.07, 6.45) is 0. The molecule has 0 bridgehead atoms. The predicted octanol–water partition coefficient (Wildman–Crippen LogP) is 1.60. The molecule has 0 heterocycles. The Hall–Kier alpha value is -0.190. The second-order valence-corrected chi connectivity index (χ2v) is 6.02. The van der Waals surface area contributed by atoms with Gasteiger partial charge in [0, 0.05) is 6.04 Å². The summed E-state index contributed by atoms with van der Waals surface area (Å²) >= 11 is 5.59. The Morgan fingerprint density at radius 1 is 1.50 bits per heavy atom. The minimum atomic E-state index is -4.68. The first-order chi connectivity index (χ1) is 7.99. The first-order valence-electron chi connectivity index (χ1n) is 5.22. The molecule has 0 rings (SSSR count). The van der Waals surface area contributed by atoms with E-state index >= 15 is 0 Å². The lowest BCUT2D eigenvalue weighted by Crippen LogP contribution is -2.49. The fourth-order valence-corrected chi connectivity index (χ4v) is 1.98. The van der Waals surface area contributed by atoms with Crippen LogP contribution in [0.4, 0.5) is 0 Å². The largest absolute Gasteiger partial charge is 0.486 e. The Morgan fingerprint density at radius 2 is 2.00 bits per heavy atom. The van der Waals surface area contributed by atoms with E-state index < -0.39 is 18.9 Å². The van der Waals surface area contributed by atoms with E-state index in [1.807, 2.05) is 0 Å². The number of alkyl halides is 1. The van der Waals surface area contributed by atoms with Crippen molar-refractivity contribution in [1.29, 1.82) is 5.26 Å². The van der Waals surface area contributed by atoms with E-state index in [0.717, 1.165) is 5.06 Å². The van der Waals surface area contributed by atoms with Gasteiger partial charge in [-0.1, -0.05) is 0 Å². The van der Waals surface area contributed by atoms with E-state index in [9.17, 15) is 4.57 Å². The summed E-state index contributed by atoms with van der Waals surface area (Å²) in [4.78, 5) is 17.7. The van der Waals surface area contributed by atoms with Crippen LogP contribution in [0.3, 0.4) is 0 Å². The van der Waals surface area contributed by atoms with Gasteiger partial charge in [0.2, 0.25) is 0 Å². The van der Waals surface area contributed by atoms with Gasteiger partial charge in [0.05, 0.1) is 12.7 Å². The lowest BCUT2D eigenvalue weighted by Gasteiger charge is -2.39. The number of nitrogens with zero attached hydrogens (tertiary/aromatic N) is 2. The van der Waals surface area contributed by atoms with E-state index in [1.54, 1.807) is 33.8 Å². The maximum Gasteiger partial charge on any atom is 0.486 e. The summed E-state index contributed by atoms with van der Waals surface area (Å²) < 4.78 is 20.8. The van der Waals surface area contributed by atoms with Crippen LogP contribution in [0.25, 0.3) is 0 Å². The van der Waals surface area contributed by atoms with Crippen LogP contribution in [0.1, 0.15) is 27.7 Å². The van der Waals surface area contributed by atoms with Crippen molar-refractivity contribution in [2.24, 2.45) is 0 Å². The average molecular weight is 301 g/mol. The van der Waals surface area contributed by atoms with Crippen LogP contribution in [-0.2, 0) is 13.9 Å². The third-order valence-corrected chi connectivity index (χ3v) is 2.53. The molecule has 2 N–H and O–H groups in total. The van der Waals surface area contributed by atoms with Crippen molar-refractivity contribution in [3.05, 3.63) is 0 Å². The van der Waals surface area contributed by atoms with Crippen molar-refractivity contribution in [1.82, 2.24) is 5.06 Å². The molecule has 0 radical (unpaired) electrons. The summed E-state index contributed by atoms with van der Waals surface area (Å²) in [5.41, 5.74) is -1.14. The van der Waals surface area contributed by atoms with Crippen LogP contribution >= 0.6 is 19.4 Å². The molecule has 106 valence electrons. The van der Waals surface area contributed by atoms with Gasteiger partial charge in [0.25, 0.3) is 0 Å². The number of rotatable bonds is 7. The molecule has 7 nitrogen and oxygen atoms in total. The third-order valence-electron chi connectivity index (χ3n) is 1.92. The molecule has 1 atom stereocenters. The Balaban J connectivity index is 4.78. The normalized spacial score (nSPS) is 14.9. The highest BCUT2D eigenvalue weighted by Gasteiger charge is 2.36. The molecule has 0 aromatic heterocycles.